The van der Waals surface area contributed by atoms with Gasteiger partial charge in [0.25, 0.3) is 5.91 Å². The lowest BCUT2D eigenvalue weighted by Crippen LogP contribution is -2.46. The van der Waals surface area contributed by atoms with E-state index in [2.05, 4.69) is 34.3 Å². The third-order valence-electron chi connectivity index (χ3n) is 6.35. The van der Waals surface area contributed by atoms with Crippen molar-refractivity contribution in [3.05, 3.63) is 66.2 Å². The lowest BCUT2D eigenvalue weighted by molar-refractivity contribution is 0.0622. The van der Waals surface area contributed by atoms with Crippen LogP contribution in [0.3, 0.4) is 0 Å². The number of carbonyl (C=O) groups excluding carboxylic acids is 1. The average molecular weight is 417 g/mol. The number of pyridine rings is 1. The molecule has 5 rings (SSSR count). The second-order valence-electron chi connectivity index (χ2n) is 8.36. The second kappa shape index (κ2) is 8.55. The summed E-state index contributed by atoms with van der Waals surface area (Å²) in [5.74, 6) is 1.01. The van der Waals surface area contributed by atoms with E-state index in [4.69, 9.17) is 4.42 Å². The maximum Gasteiger partial charge on any atom is 0.270 e. The Labute approximate surface area is 181 Å². The zero-order valence-corrected chi connectivity index (χ0v) is 17.8. The molecule has 2 unspecified atom stereocenters. The molecule has 3 heterocycles. The fourth-order valence-electron chi connectivity index (χ4n) is 4.80. The molecule has 1 aliphatic carbocycles. The largest absolute Gasteiger partial charge is 0.460 e. The highest BCUT2D eigenvalue weighted by molar-refractivity contribution is 5.97. The Morgan fingerprint density at radius 2 is 2.13 bits per heavy atom. The molecular formula is C25H28N4O2. The first-order valence-electron chi connectivity index (χ1n) is 11.2. The number of hydrogen-bond acceptors (Lipinski definition) is 4. The quantitative estimate of drug-likeness (QED) is 0.470. The highest BCUT2D eigenvalue weighted by atomic mass is 16.3. The van der Waals surface area contributed by atoms with Gasteiger partial charge in [-0.3, -0.25) is 9.78 Å². The third kappa shape index (κ3) is 4.08. The van der Waals surface area contributed by atoms with E-state index >= 15 is 0 Å². The summed E-state index contributed by atoms with van der Waals surface area (Å²) in [5, 5.41) is 4.79. The molecule has 1 aromatic carbocycles. The summed E-state index contributed by atoms with van der Waals surface area (Å²) in [6.45, 7) is 3.46. The zero-order valence-electron chi connectivity index (χ0n) is 17.8. The van der Waals surface area contributed by atoms with Gasteiger partial charge in [0, 0.05) is 30.2 Å². The Bertz CT molecular complexity index is 1130. The van der Waals surface area contributed by atoms with E-state index in [9.17, 15) is 4.79 Å². The van der Waals surface area contributed by atoms with Crippen molar-refractivity contribution in [1.82, 2.24) is 20.2 Å². The summed E-state index contributed by atoms with van der Waals surface area (Å²) in [7, 11) is 0. The number of nitrogens with zero attached hydrogens (tertiary/aromatic N) is 2. The fourth-order valence-corrected chi connectivity index (χ4v) is 4.80. The molecule has 0 aliphatic heterocycles. The van der Waals surface area contributed by atoms with Crippen molar-refractivity contribution in [2.24, 2.45) is 0 Å². The number of benzene rings is 1. The Morgan fingerprint density at radius 1 is 1.23 bits per heavy atom. The van der Waals surface area contributed by atoms with E-state index in [1.807, 2.05) is 41.3 Å². The number of hydrogen-bond donors (Lipinski definition) is 2. The average Bonchev–Trinajstić information content (AvgIpc) is 3.42. The van der Waals surface area contributed by atoms with Crippen LogP contribution in [-0.4, -0.2) is 39.4 Å². The monoisotopic (exact) mass is 416 g/mol. The van der Waals surface area contributed by atoms with Crippen LogP contribution in [0.4, 0.5) is 0 Å². The Hall–Kier alpha value is -3.12. The highest BCUT2D eigenvalue weighted by Gasteiger charge is 2.30. The number of nitrogens with one attached hydrogen (secondary N) is 2. The van der Waals surface area contributed by atoms with Crippen LogP contribution in [0.1, 0.15) is 48.9 Å². The van der Waals surface area contributed by atoms with Crippen molar-refractivity contribution >= 4 is 27.9 Å². The van der Waals surface area contributed by atoms with E-state index in [1.165, 1.54) is 0 Å². The summed E-state index contributed by atoms with van der Waals surface area (Å²) >= 11 is 0. The molecule has 1 fully saturated rings. The van der Waals surface area contributed by atoms with E-state index < -0.39 is 0 Å². The second-order valence-corrected chi connectivity index (χ2v) is 8.36. The number of fused-ring (bicyclic) bond motifs is 2. The summed E-state index contributed by atoms with van der Waals surface area (Å²) in [6.07, 6.45) is 5.99. The van der Waals surface area contributed by atoms with Crippen LogP contribution in [0.15, 0.2) is 59.1 Å². The van der Waals surface area contributed by atoms with Gasteiger partial charge in [0.1, 0.15) is 17.0 Å². The maximum atomic E-state index is 13.3. The van der Waals surface area contributed by atoms with Crippen molar-refractivity contribution < 1.29 is 9.21 Å². The minimum Gasteiger partial charge on any atom is -0.460 e. The number of aromatic amines is 1. The van der Waals surface area contributed by atoms with Gasteiger partial charge in [0.15, 0.2) is 0 Å². The number of furan rings is 1. The first-order valence-corrected chi connectivity index (χ1v) is 11.2. The Morgan fingerprint density at radius 3 is 2.97 bits per heavy atom. The number of amides is 1. The van der Waals surface area contributed by atoms with Crippen molar-refractivity contribution in [1.29, 1.82) is 0 Å². The zero-order chi connectivity index (χ0) is 21.2. The van der Waals surface area contributed by atoms with Crippen molar-refractivity contribution in [3.8, 4) is 0 Å². The first-order chi connectivity index (χ1) is 15.2. The molecule has 1 saturated carbocycles. The van der Waals surface area contributed by atoms with Crippen molar-refractivity contribution in [2.45, 2.75) is 51.2 Å². The molecule has 0 spiro atoms. The molecule has 3 aromatic heterocycles. The van der Waals surface area contributed by atoms with Gasteiger partial charge in [-0.2, -0.15) is 0 Å². The third-order valence-corrected chi connectivity index (χ3v) is 6.35. The SMILES string of the molecule is CCN(C(=O)c1cc2ncccc2[nH]1)C1CCCC(NCc2cc3ccccc3o2)C1. The molecule has 2 N–H and O–H groups in total. The predicted molar refractivity (Wildman–Crippen MR) is 122 cm³/mol. The van der Waals surface area contributed by atoms with Crippen molar-refractivity contribution in [3.63, 3.8) is 0 Å². The van der Waals surface area contributed by atoms with Crippen LogP contribution >= 0.6 is 0 Å². The molecule has 6 nitrogen and oxygen atoms in total. The van der Waals surface area contributed by atoms with Gasteiger partial charge in [-0.15, -0.1) is 0 Å². The molecular weight excluding hydrogens is 388 g/mol. The highest BCUT2D eigenvalue weighted by Crippen LogP contribution is 2.26. The summed E-state index contributed by atoms with van der Waals surface area (Å²) in [6, 6.07) is 16.5. The Kier molecular flexibility index (Phi) is 5.47. The van der Waals surface area contributed by atoms with Gasteiger partial charge >= 0.3 is 0 Å². The van der Waals surface area contributed by atoms with Crippen LogP contribution in [0, 0.1) is 0 Å². The first kappa shape index (κ1) is 19.8. The van der Waals surface area contributed by atoms with Gasteiger partial charge in [-0.1, -0.05) is 18.2 Å². The summed E-state index contributed by atoms with van der Waals surface area (Å²) < 4.78 is 5.94. The molecule has 6 heteroatoms. The topological polar surface area (TPSA) is 74.2 Å². The van der Waals surface area contributed by atoms with Crippen LogP contribution in [0.5, 0.6) is 0 Å². The molecule has 0 bridgehead atoms. The number of H-pyrrole nitrogens is 1. The van der Waals surface area contributed by atoms with E-state index in [1.54, 1.807) is 6.20 Å². The fraction of sp³-hybridized carbons (Fsp3) is 0.360. The lowest BCUT2D eigenvalue weighted by Gasteiger charge is -2.37. The van der Waals surface area contributed by atoms with Crippen LogP contribution < -0.4 is 5.32 Å². The number of carbonyl (C=O) groups is 1. The van der Waals surface area contributed by atoms with Crippen molar-refractivity contribution in [2.75, 3.05) is 6.54 Å². The van der Waals surface area contributed by atoms with Gasteiger partial charge in [0.05, 0.1) is 17.6 Å². The molecule has 160 valence electrons. The molecule has 31 heavy (non-hydrogen) atoms. The van der Waals surface area contributed by atoms with Gasteiger partial charge in [-0.05, 0) is 62.9 Å². The van der Waals surface area contributed by atoms with Crippen LogP contribution in [0.25, 0.3) is 22.0 Å². The molecule has 2 atom stereocenters. The van der Waals surface area contributed by atoms with Gasteiger partial charge in [0.2, 0.25) is 0 Å². The van der Waals surface area contributed by atoms with E-state index in [-0.39, 0.29) is 11.9 Å². The Balaban J connectivity index is 1.25. The van der Waals surface area contributed by atoms with Crippen LogP contribution in [-0.2, 0) is 6.54 Å². The standard InChI is InChI=1S/C25H28N4O2/c1-2-29(25(30)23-15-22-21(28-23)10-6-12-26-22)19-9-5-8-18(14-19)27-16-20-13-17-7-3-4-11-24(17)31-20/h3-4,6-7,10-13,15,18-19,27-28H,2,5,8-9,14,16H2,1H3. The van der Waals surface area contributed by atoms with E-state index in [0.717, 1.165) is 53.4 Å². The molecule has 0 saturated heterocycles. The number of aromatic nitrogens is 2. The van der Waals surface area contributed by atoms with Crippen LogP contribution in [0.2, 0.25) is 0 Å². The molecule has 4 aromatic rings. The van der Waals surface area contributed by atoms with E-state index in [0.29, 0.717) is 24.8 Å². The van der Waals surface area contributed by atoms with Gasteiger partial charge < -0.3 is 19.6 Å². The summed E-state index contributed by atoms with van der Waals surface area (Å²) in [4.78, 5) is 22.9. The summed E-state index contributed by atoms with van der Waals surface area (Å²) in [5.41, 5.74) is 3.27. The minimum atomic E-state index is 0.0587. The smallest absolute Gasteiger partial charge is 0.270 e. The molecule has 1 aliphatic rings. The molecule has 0 radical (unpaired) electrons. The minimum absolute atomic E-state index is 0.0587. The number of rotatable bonds is 6. The maximum absolute atomic E-state index is 13.3. The predicted octanol–water partition coefficient (Wildman–Crippen LogP) is 4.87. The van der Waals surface area contributed by atoms with Gasteiger partial charge in [-0.25, -0.2) is 0 Å². The molecule has 1 amide bonds. The normalized spacial score (nSPS) is 19.1. The number of para-hydroxylation sites is 1. The lowest BCUT2D eigenvalue weighted by atomic mass is 9.89.